The number of carbonyl (C=O) groups is 2. The summed E-state index contributed by atoms with van der Waals surface area (Å²) in [6.45, 7) is 5.18. The molecule has 1 aliphatic carbocycles. The van der Waals surface area contributed by atoms with E-state index in [2.05, 4.69) is 6.58 Å². The molecule has 0 unspecified atom stereocenters. The first-order valence-electron chi connectivity index (χ1n) is 7.41. The number of fused-ring (bicyclic) bond motifs is 2. The van der Waals surface area contributed by atoms with Crippen molar-refractivity contribution in [3.63, 3.8) is 0 Å². The van der Waals surface area contributed by atoms with E-state index in [1.165, 1.54) is 12.1 Å². The molecule has 0 saturated carbocycles. The van der Waals surface area contributed by atoms with Crippen LogP contribution in [-0.4, -0.2) is 28.4 Å². The molecule has 0 bridgehead atoms. The number of aliphatic hydroxyl groups is 1. The minimum absolute atomic E-state index is 0.0228. The van der Waals surface area contributed by atoms with Crippen molar-refractivity contribution < 1.29 is 24.5 Å². The predicted molar refractivity (Wildman–Crippen MR) is 87.6 cm³/mol. The number of rotatable bonds is 4. The van der Waals surface area contributed by atoms with Crippen molar-refractivity contribution in [2.24, 2.45) is 0 Å². The second-order valence-electron chi connectivity index (χ2n) is 5.74. The smallest absolute Gasteiger partial charge is 0.198 e. The van der Waals surface area contributed by atoms with Gasteiger partial charge in [0.15, 0.2) is 11.6 Å². The molecule has 2 aromatic rings. The van der Waals surface area contributed by atoms with Crippen LogP contribution in [0.15, 0.2) is 42.5 Å². The van der Waals surface area contributed by atoms with Crippen LogP contribution in [0.25, 0.3) is 0 Å². The van der Waals surface area contributed by atoms with Gasteiger partial charge in [-0.15, -0.1) is 0 Å². The molecule has 24 heavy (non-hydrogen) atoms. The zero-order valence-corrected chi connectivity index (χ0v) is 13.1. The summed E-state index contributed by atoms with van der Waals surface area (Å²) in [4.78, 5) is 25.6. The first-order chi connectivity index (χ1) is 11.5. The Labute approximate surface area is 138 Å². The number of hydrogen-bond acceptors (Lipinski definition) is 5. The highest BCUT2D eigenvalue weighted by Crippen LogP contribution is 2.40. The Morgan fingerprint density at radius 1 is 1.12 bits per heavy atom. The van der Waals surface area contributed by atoms with Gasteiger partial charge in [-0.05, 0) is 18.6 Å². The van der Waals surface area contributed by atoms with Gasteiger partial charge in [0, 0.05) is 16.7 Å². The summed E-state index contributed by atoms with van der Waals surface area (Å²) in [7, 11) is 0. The van der Waals surface area contributed by atoms with Gasteiger partial charge in [0.1, 0.15) is 18.1 Å². The lowest BCUT2D eigenvalue weighted by Gasteiger charge is -2.22. The fourth-order valence-electron chi connectivity index (χ4n) is 2.73. The lowest BCUT2D eigenvalue weighted by atomic mass is 9.82. The van der Waals surface area contributed by atoms with Crippen molar-refractivity contribution in [1.29, 1.82) is 0 Å². The summed E-state index contributed by atoms with van der Waals surface area (Å²) in [6, 6.07) is 7.82. The third kappa shape index (κ3) is 2.39. The summed E-state index contributed by atoms with van der Waals surface area (Å²) >= 11 is 0. The molecule has 5 nitrogen and oxygen atoms in total. The molecule has 0 saturated heterocycles. The van der Waals surface area contributed by atoms with Crippen LogP contribution in [0, 0.1) is 0 Å². The van der Waals surface area contributed by atoms with Crippen molar-refractivity contribution in [3.8, 4) is 11.5 Å². The molecule has 0 heterocycles. The third-order valence-electron chi connectivity index (χ3n) is 3.86. The minimum Gasteiger partial charge on any atom is -0.507 e. The van der Waals surface area contributed by atoms with Crippen LogP contribution in [0.3, 0.4) is 0 Å². The maximum absolute atomic E-state index is 12.8. The van der Waals surface area contributed by atoms with Gasteiger partial charge >= 0.3 is 0 Å². The van der Waals surface area contributed by atoms with Crippen LogP contribution in [0.1, 0.15) is 44.3 Å². The van der Waals surface area contributed by atoms with Gasteiger partial charge in [0.25, 0.3) is 0 Å². The molecule has 0 aromatic heterocycles. The van der Waals surface area contributed by atoms with E-state index in [9.17, 15) is 19.8 Å². The molecule has 0 spiro atoms. The Balaban J connectivity index is 2.27. The SMILES string of the molecule is C=C(C)COc1cc(CO)c(O)c2c1C(=O)c1ccccc1C2=O. The molecular weight excluding hydrogens is 308 g/mol. The van der Waals surface area contributed by atoms with Gasteiger partial charge in [0.05, 0.1) is 17.7 Å². The van der Waals surface area contributed by atoms with E-state index in [0.29, 0.717) is 0 Å². The Hall–Kier alpha value is -2.92. The van der Waals surface area contributed by atoms with Gasteiger partial charge in [-0.3, -0.25) is 9.59 Å². The Kier molecular flexibility index (Phi) is 3.95. The number of ketones is 2. The fraction of sp³-hybridized carbons (Fsp3) is 0.158. The largest absolute Gasteiger partial charge is 0.507 e. The fourth-order valence-corrected chi connectivity index (χ4v) is 2.73. The number of carbonyl (C=O) groups excluding carboxylic acids is 2. The topological polar surface area (TPSA) is 83.8 Å². The zero-order chi connectivity index (χ0) is 17.4. The maximum Gasteiger partial charge on any atom is 0.198 e. The van der Waals surface area contributed by atoms with E-state index in [4.69, 9.17) is 4.74 Å². The predicted octanol–water partition coefficient (Wildman–Crippen LogP) is 2.61. The molecule has 122 valence electrons. The molecule has 0 aliphatic heterocycles. The lowest BCUT2D eigenvalue weighted by Crippen LogP contribution is -2.23. The van der Waals surface area contributed by atoms with E-state index in [1.807, 2.05) is 0 Å². The van der Waals surface area contributed by atoms with Gasteiger partial charge in [0.2, 0.25) is 0 Å². The highest BCUT2D eigenvalue weighted by atomic mass is 16.5. The molecule has 5 heteroatoms. The van der Waals surface area contributed by atoms with Crippen LogP contribution < -0.4 is 4.74 Å². The minimum atomic E-state index is -0.480. The number of ether oxygens (including phenoxy) is 1. The van der Waals surface area contributed by atoms with Crippen LogP contribution in [-0.2, 0) is 6.61 Å². The summed E-state index contributed by atoms with van der Waals surface area (Å²) in [5.41, 5.74) is 1.26. The van der Waals surface area contributed by atoms with Crippen LogP contribution in [0.4, 0.5) is 0 Å². The van der Waals surface area contributed by atoms with Gasteiger partial charge in [-0.1, -0.05) is 30.8 Å². The Morgan fingerprint density at radius 2 is 1.71 bits per heavy atom. The molecule has 3 rings (SSSR count). The van der Waals surface area contributed by atoms with Crippen molar-refractivity contribution in [2.75, 3.05) is 6.61 Å². The lowest BCUT2D eigenvalue weighted by molar-refractivity contribution is 0.0973. The average molecular weight is 324 g/mol. The van der Waals surface area contributed by atoms with Crippen molar-refractivity contribution in [1.82, 2.24) is 0 Å². The van der Waals surface area contributed by atoms with Crippen LogP contribution in [0.2, 0.25) is 0 Å². The highest BCUT2D eigenvalue weighted by Gasteiger charge is 2.35. The van der Waals surface area contributed by atoms with Crippen LogP contribution >= 0.6 is 0 Å². The van der Waals surface area contributed by atoms with E-state index in [-0.39, 0.29) is 45.9 Å². The molecule has 0 atom stereocenters. The summed E-state index contributed by atoms with van der Waals surface area (Å²) < 4.78 is 5.60. The second-order valence-corrected chi connectivity index (χ2v) is 5.74. The number of aliphatic hydroxyl groups excluding tert-OH is 1. The molecule has 0 fully saturated rings. The van der Waals surface area contributed by atoms with Crippen molar-refractivity contribution in [2.45, 2.75) is 13.5 Å². The van der Waals surface area contributed by atoms with E-state index in [0.717, 1.165) is 5.57 Å². The average Bonchev–Trinajstić information content (AvgIpc) is 2.58. The monoisotopic (exact) mass is 324 g/mol. The van der Waals surface area contributed by atoms with Crippen LogP contribution in [0.5, 0.6) is 11.5 Å². The van der Waals surface area contributed by atoms with Gasteiger partial charge in [-0.2, -0.15) is 0 Å². The van der Waals surface area contributed by atoms with E-state index in [1.54, 1.807) is 25.1 Å². The Morgan fingerprint density at radius 3 is 2.25 bits per heavy atom. The third-order valence-corrected chi connectivity index (χ3v) is 3.86. The zero-order valence-electron chi connectivity index (χ0n) is 13.1. The van der Waals surface area contributed by atoms with Crippen molar-refractivity contribution in [3.05, 3.63) is 70.3 Å². The number of aromatic hydroxyl groups is 1. The van der Waals surface area contributed by atoms with Gasteiger partial charge in [-0.25, -0.2) is 0 Å². The molecule has 0 amide bonds. The molecule has 2 aromatic carbocycles. The summed E-state index contributed by atoms with van der Waals surface area (Å²) in [5.74, 6) is -1.09. The Bertz CT molecular complexity index is 880. The summed E-state index contributed by atoms with van der Waals surface area (Å²) in [5, 5.41) is 19.8. The standard InChI is InChI=1S/C19H16O5/c1-10(2)9-24-14-7-11(8-20)17(21)16-15(14)18(22)12-5-3-4-6-13(12)19(16)23/h3-7,20-21H,1,8-9H2,2H3. The molecule has 0 radical (unpaired) electrons. The van der Waals surface area contributed by atoms with E-state index < -0.39 is 18.2 Å². The first kappa shape index (κ1) is 16.0. The quantitative estimate of drug-likeness (QED) is 0.721. The van der Waals surface area contributed by atoms with Crippen molar-refractivity contribution >= 4 is 11.6 Å². The molecule has 2 N–H and O–H groups in total. The highest BCUT2D eigenvalue weighted by molar-refractivity contribution is 6.30. The summed E-state index contributed by atoms with van der Waals surface area (Å²) in [6.07, 6.45) is 0. The second kappa shape index (κ2) is 5.94. The number of hydrogen-bond donors (Lipinski definition) is 2. The number of benzene rings is 2. The maximum atomic E-state index is 12.8. The normalized spacial score (nSPS) is 12.6. The molecular formula is C19H16O5. The first-order valence-corrected chi connectivity index (χ1v) is 7.41. The van der Waals surface area contributed by atoms with Gasteiger partial charge < -0.3 is 14.9 Å². The number of phenols is 1. The van der Waals surface area contributed by atoms with E-state index >= 15 is 0 Å². The molecule has 1 aliphatic rings.